The molecular weight excluding hydrogens is 302 g/mol. The summed E-state index contributed by atoms with van der Waals surface area (Å²) in [6.45, 7) is 5.45. The fourth-order valence-corrected chi connectivity index (χ4v) is 3.80. The zero-order valence-electron chi connectivity index (χ0n) is 14.2. The predicted molar refractivity (Wildman–Crippen MR) is 92.0 cm³/mol. The molecule has 2 aliphatic rings. The summed E-state index contributed by atoms with van der Waals surface area (Å²) in [6.07, 6.45) is 2.85. The van der Waals surface area contributed by atoms with Crippen LogP contribution in [0.1, 0.15) is 30.6 Å². The average Bonchev–Trinajstić information content (AvgIpc) is 3.16. The Labute approximate surface area is 141 Å². The fourth-order valence-electron chi connectivity index (χ4n) is 3.80. The van der Waals surface area contributed by atoms with E-state index >= 15 is 0 Å². The van der Waals surface area contributed by atoms with Gasteiger partial charge in [0.1, 0.15) is 11.6 Å². The van der Waals surface area contributed by atoms with Crippen LogP contribution in [0.5, 0.6) is 0 Å². The van der Waals surface area contributed by atoms with Gasteiger partial charge in [-0.2, -0.15) is 5.10 Å². The molecule has 6 nitrogen and oxygen atoms in total. The van der Waals surface area contributed by atoms with E-state index in [-0.39, 0.29) is 18.0 Å². The van der Waals surface area contributed by atoms with Crippen LogP contribution in [0.3, 0.4) is 0 Å². The van der Waals surface area contributed by atoms with Crippen molar-refractivity contribution in [3.63, 3.8) is 0 Å². The van der Waals surface area contributed by atoms with Crippen molar-refractivity contribution in [3.05, 3.63) is 41.5 Å². The molecule has 0 saturated heterocycles. The second kappa shape index (κ2) is 6.02. The molecule has 6 heteroatoms. The molecule has 2 aromatic rings. The number of carbonyl (C=O) groups excluding carboxylic acids is 1. The van der Waals surface area contributed by atoms with Crippen molar-refractivity contribution in [2.45, 2.75) is 51.7 Å². The molecule has 1 N–H and O–H groups in total. The van der Waals surface area contributed by atoms with E-state index in [4.69, 9.17) is 0 Å². The topological polar surface area (TPSA) is 63.1 Å². The smallest absolute Gasteiger partial charge is 0.243 e. The highest BCUT2D eigenvalue weighted by Crippen LogP contribution is 2.28. The molecule has 0 bridgehead atoms. The minimum absolute atomic E-state index is 0.153. The Kier molecular flexibility index (Phi) is 3.84. The van der Waals surface area contributed by atoms with Gasteiger partial charge in [-0.3, -0.25) is 4.79 Å². The van der Waals surface area contributed by atoms with Crippen LogP contribution in [0.15, 0.2) is 24.3 Å². The minimum Gasteiger partial charge on any atom is -0.310 e. The molecule has 2 atom stereocenters. The zero-order chi connectivity index (χ0) is 16.7. The Hall–Kier alpha value is -2.21. The van der Waals surface area contributed by atoms with Gasteiger partial charge >= 0.3 is 0 Å². The van der Waals surface area contributed by atoms with Crippen molar-refractivity contribution in [1.82, 2.24) is 20.1 Å². The van der Waals surface area contributed by atoms with Crippen LogP contribution in [-0.2, 0) is 24.2 Å². The van der Waals surface area contributed by atoms with Gasteiger partial charge in [-0.05, 0) is 38.3 Å². The number of nitrogens with one attached hydrogen (secondary N) is 1. The van der Waals surface area contributed by atoms with E-state index < -0.39 is 0 Å². The van der Waals surface area contributed by atoms with E-state index in [9.17, 15) is 4.79 Å². The first-order valence-electron chi connectivity index (χ1n) is 8.67. The van der Waals surface area contributed by atoms with Crippen LogP contribution in [0.2, 0.25) is 0 Å². The molecule has 0 saturated carbocycles. The number of hydrogen-bond donors (Lipinski definition) is 1. The van der Waals surface area contributed by atoms with Crippen LogP contribution in [0, 0.1) is 6.92 Å². The Bertz CT molecular complexity index is 769. The Balaban J connectivity index is 1.42. The lowest BCUT2D eigenvalue weighted by Gasteiger charge is -2.29. The van der Waals surface area contributed by atoms with Crippen LogP contribution in [-0.4, -0.2) is 39.3 Å². The molecule has 0 fully saturated rings. The van der Waals surface area contributed by atoms with Crippen molar-refractivity contribution in [1.29, 1.82) is 0 Å². The molecule has 4 rings (SSSR count). The lowest BCUT2D eigenvalue weighted by molar-refractivity contribution is -0.120. The molecule has 1 aromatic heterocycles. The van der Waals surface area contributed by atoms with Crippen LogP contribution in [0.25, 0.3) is 0 Å². The van der Waals surface area contributed by atoms with E-state index in [0.29, 0.717) is 0 Å². The summed E-state index contributed by atoms with van der Waals surface area (Å²) in [4.78, 5) is 19.2. The molecule has 0 spiro atoms. The minimum atomic E-state index is -0.202. The van der Waals surface area contributed by atoms with Crippen LogP contribution < -0.4 is 10.2 Å². The van der Waals surface area contributed by atoms with Crippen molar-refractivity contribution in [3.8, 4) is 0 Å². The summed E-state index contributed by atoms with van der Waals surface area (Å²) in [5.41, 5.74) is 2.33. The highest BCUT2D eigenvalue weighted by molar-refractivity contribution is 5.98. The van der Waals surface area contributed by atoms with Crippen molar-refractivity contribution in [2.24, 2.45) is 0 Å². The number of anilines is 1. The summed E-state index contributed by atoms with van der Waals surface area (Å²) in [5.74, 6) is 2.03. The Morgan fingerprint density at radius 3 is 3.04 bits per heavy atom. The van der Waals surface area contributed by atoms with E-state index in [1.807, 2.05) is 41.6 Å². The maximum Gasteiger partial charge on any atom is 0.243 e. The van der Waals surface area contributed by atoms with E-state index in [2.05, 4.69) is 21.5 Å². The molecule has 0 aliphatic carbocycles. The quantitative estimate of drug-likeness (QED) is 0.928. The number of aromatic nitrogens is 3. The number of aryl methyl sites for hydroxylation is 2. The maximum absolute atomic E-state index is 12.9. The molecule has 24 heavy (non-hydrogen) atoms. The van der Waals surface area contributed by atoms with Crippen molar-refractivity contribution in [2.75, 3.05) is 11.4 Å². The molecule has 1 aromatic carbocycles. The summed E-state index contributed by atoms with van der Waals surface area (Å²) in [5, 5.41) is 7.93. The standard InChI is InChI=1S/C18H23N5O/c1-12(18(24)22-10-9-14-5-3-4-6-16(14)22)19-15-7-8-17-20-13(2)21-23(17)11-15/h3-6,12,15,19H,7-11H2,1-2H3/t12-,15+/m0/s1. The first-order valence-corrected chi connectivity index (χ1v) is 8.67. The third-order valence-electron chi connectivity index (χ3n) is 4.97. The highest BCUT2D eigenvalue weighted by Gasteiger charge is 2.30. The highest BCUT2D eigenvalue weighted by atomic mass is 16.2. The van der Waals surface area contributed by atoms with Crippen molar-refractivity contribution < 1.29 is 4.79 Å². The van der Waals surface area contributed by atoms with Crippen LogP contribution >= 0.6 is 0 Å². The van der Waals surface area contributed by atoms with Crippen LogP contribution in [0.4, 0.5) is 5.69 Å². The first kappa shape index (κ1) is 15.3. The third-order valence-corrected chi connectivity index (χ3v) is 4.97. The number of nitrogens with zero attached hydrogens (tertiary/aromatic N) is 4. The molecule has 1 amide bonds. The second-order valence-electron chi connectivity index (χ2n) is 6.75. The van der Waals surface area contributed by atoms with Gasteiger partial charge in [0.05, 0.1) is 12.6 Å². The number of benzene rings is 1. The zero-order valence-corrected chi connectivity index (χ0v) is 14.2. The van der Waals surface area contributed by atoms with E-state index in [1.54, 1.807) is 0 Å². The second-order valence-corrected chi connectivity index (χ2v) is 6.75. The maximum atomic E-state index is 12.9. The van der Waals surface area contributed by atoms with E-state index in [0.717, 1.165) is 49.7 Å². The molecular formula is C18H23N5O. The Morgan fingerprint density at radius 1 is 1.33 bits per heavy atom. The average molecular weight is 325 g/mol. The van der Waals surface area contributed by atoms with Gasteiger partial charge in [0.15, 0.2) is 0 Å². The number of amides is 1. The summed E-state index contributed by atoms with van der Waals surface area (Å²) >= 11 is 0. The number of carbonyl (C=O) groups is 1. The fraction of sp³-hybridized carbons (Fsp3) is 0.500. The van der Waals surface area contributed by atoms with Gasteiger partial charge in [0, 0.05) is 24.7 Å². The first-order chi connectivity index (χ1) is 11.6. The van der Waals surface area contributed by atoms with E-state index in [1.165, 1.54) is 5.56 Å². The SMILES string of the molecule is Cc1nc2n(n1)C[C@H](N[C@@H](C)C(=O)N1CCc3ccccc31)CC2. The molecule has 126 valence electrons. The number of rotatable bonds is 3. The van der Waals surface area contributed by atoms with Gasteiger partial charge in [-0.25, -0.2) is 9.67 Å². The van der Waals surface area contributed by atoms with Crippen molar-refractivity contribution >= 4 is 11.6 Å². The lowest BCUT2D eigenvalue weighted by Crippen LogP contribution is -2.50. The molecule has 2 aliphatic heterocycles. The monoisotopic (exact) mass is 325 g/mol. The summed E-state index contributed by atoms with van der Waals surface area (Å²) < 4.78 is 1.97. The molecule has 3 heterocycles. The normalized spacial score (nSPS) is 20.6. The number of fused-ring (bicyclic) bond motifs is 2. The van der Waals surface area contributed by atoms with Gasteiger partial charge in [-0.1, -0.05) is 18.2 Å². The van der Waals surface area contributed by atoms with Gasteiger partial charge in [0.25, 0.3) is 0 Å². The van der Waals surface area contributed by atoms with Gasteiger partial charge in [-0.15, -0.1) is 0 Å². The number of hydrogen-bond acceptors (Lipinski definition) is 4. The predicted octanol–water partition coefficient (Wildman–Crippen LogP) is 1.47. The summed E-state index contributed by atoms with van der Waals surface area (Å²) in [6, 6.07) is 8.24. The molecule has 0 unspecified atom stereocenters. The molecule has 0 radical (unpaired) electrons. The van der Waals surface area contributed by atoms with Gasteiger partial charge < -0.3 is 10.2 Å². The van der Waals surface area contributed by atoms with Gasteiger partial charge in [0.2, 0.25) is 5.91 Å². The number of para-hydroxylation sites is 1. The summed E-state index contributed by atoms with van der Waals surface area (Å²) in [7, 11) is 0. The Morgan fingerprint density at radius 2 is 2.17 bits per heavy atom. The lowest BCUT2D eigenvalue weighted by atomic mass is 10.1. The largest absolute Gasteiger partial charge is 0.310 e. The third kappa shape index (κ3) is 2.71.